The standard InChI is InChI=1S/C15H31O6P.2CH4/c1-2-3-4-5-6-7-8-9-10-11-12-13-19-14-15-20-21-22(16,17)18;;/h2H,1,3-15H2,(H2,16,17,18);2*1H4. The summed E-state index contributed by atoms with van der Waals surface area (Å²) in [5, 5.41) is 0. The Morgan fingerprint density at radius 2 is 1.29 bits per heavy atom. The second-order valence-corrected chi connectivity index (χ2v) is 6.39. The summed E-state index contributed by atoms with van der Waals surface area (Å²) in [5.74, 6) is 0. The first-order valence-electron chi connectivity index (χ1n) is 8.11. The fourth-order valence-electron chi connectivity index (χ4n) is 2.03. The maximum absolute atomic E-state index is 10.3. The van der Waals surface area contributed by atoms with Gasteiger partial charge in [0.1, 0.15) is 6.61 Å². The van der Waals surface area contributed by atoms with Crippen LogP contribution < -0.4 is 0 Å². The van der Waals surface area contributed by atoms with Crippen LogP contribution in [-0.2, 0) is 18.9 Å². The van der Waals surface area contributed by atoms with Crippen molar-refractivity contribution in [2.75, 3.05) is 19.8 Å². The lowest BCUT2D eigenvalue weighted by Crippen LogP contribution is -2.05. The van der Waals surface area contributed by atoms with Crippen molar-refractivity contribution in [3.8, 4) is 0 Å². The summed E-state index contributed by atoms with van der Waals surface area (Å²) in [5.41, 5.74) is 0. The van der Waals surface area contributed by atoms with E-state index in [4.69, 9.17) is 14.5 Å². The molecule has 148 valence electrons. The molecule has 0 radical (unpaired) electrons. The molecule has 0 aliphatic carbocycles. The van der Waals surface area contributed by atoms with Gasteiger partial charge in [-0.1, -0.05) is 65.9 Å². The van der Waals surface area contributed by atoms with Gasteiger partial charge in [-0.2, -0.15) is 0 Å². The molecule has 0 aliphatic rings. The highest BCUT2D eigenvalue weighted by Gasteiger charge is 2.14. The Hall–Kier alpha value is -0.230. The Bertz CT molecular complexity index is 293. The summed E-state index contributed by atoms with van der Waals surface area (Å²) in [6.45, 7) is 4.64. The molecule has 0 bridgehead atoms. The van der Waals surface area contributed by atoms with Crippen LogP contribution in [0.4, 0.5) is 0 Å². The van der Waals surface area contributed by atoms with E-state index in [1.807, 2.05) is 6.08 Å². The van der Waals surface area contributed by atoms with E-state index in [1.54, 1.807) is 0 Å². The number of phosphoric acid groups is 1. The van der Waals surface area contributed by atoms with Crippen molar-refractivity contribution in [3.05, 3.63) is 12.7 Å². The molecule has 0 atom stereocenters. The van der Waals surface area contributed by atoms with Gasteiger partial charge in [0.2, 0.25) is 0 Å². The number of hydrogen-bond donors (Lipinski definition) is 2. The van der Waals surface area contributed by atoms with Crippen LogP contribution in [0.25, 0.3) is 0 Å². The smallest absolute Gasteiger partial charge is 0.379 e. The van der Waals surface area contributed by atoms with Crippen LogP contribution in [0.3, 0.4) is 0 Å². The van der Waals surface area contributed by atoms with Crippen molar-refractivity contribution in [1.82, 2.24) is 0 Å². The molecular formula is C17H39O6P. The summed E-state index contributed by atoms with van der Waals surface area (Å²) >= 11 is 0. The van der Waals surface area contributed by atoms with E-state index >= 15 is 0 Å². The number of hydrogen-bond acceptors (Lipinski definition) is 4. The van der Waals surface area contributed by atoms with Crippen LogP contribution in [0, 0.1) is 0 Å². The minimum atomic E-state index is -4.54. The topological polar surface area (TPSA) is 85.2 Å². The quantitative estimate of drug-likeness (QED) is 0.117. The SMILES string of the molecule is C.C.C=CCCCCCCCCCCCOCCOOP(=O)(O)O. The Labute approximate surface area is 148 Å². The maximum atomic E-state index is 10.3. The van der Waals surface area contributed by atoms with Crippen LogP contribution in [0.2, 0.25) is 0 Å². The first-order chi connectivity index (χ1) is 10.6. The van der Waals surface area contributed by atoms with Crippen molar-refractivity contribution in [2.24, 2.45) is 0 Å². The lowest BCUT2D eigenvalue weighted by molar-refractivity contribution is -0.229. The van der Waals surface area contributed by atoms with Crippen molar-refractivity contribution >= 4 is 7.82 Å². The number of rotatable bonds is 17. The Kier molecular flexibility index (Phi) is 24.8. The fraction of sp³-hybridized carbons (Fsp3) is 0.882. The second kappa shape index (κ2) is 20.8. The molecule has 0 aliphatic heterocycles. The third kappa shape index (κ3) is 26.7. The highest BCUT2D eigenvalue weighted by molar-refractivity contribution is 7.46. The molecule has 0 amide bonds. The zero-order chi connectivity index (χ0) is 16.5. The molecule has 2 N–H and O–H groups in total. The van der Waals surface area contributed by atoms with E-state index in [2.05, 4.69) is 16.1 Å². The van der Waals surface area contributed by atoms with E-state index in [-0.39, 0.29) is 28.1 Å². The van der Waals surface area contributed by atoms with Crippen molar-refractivity contribution in [3.63, 3.8) is 0 Å². The molecule has 0 heterocycles. The molecule has 0 fully saturated rings. The molecule has 0 rings (SSSR count). The lowest BCUT2D eigenvalue weighted by atomic mass is 10.1. The van der Waals surface area contributed by atoms with Gasteiger partial charge < -0.3 is 14.5 Å². The Morgan fingerprint density at radius 1 is 0.792 bits per heavy atom. The van der Waals surface area contributed by atoms with Gasteiger partial charge in [-0.25, -0.2) is 9.45 Å². The lowest BCUT2D eigenvalue weighted by Gasteiger charge is -2.06. The third-order valence-electron chi connectivity index (χ3n) is 3.16. The van der Waals surface area contributed by atoms with E-state index in [0.717, 1.165) is 19.3 Å². The first-order valence-corrected chi connectivity index (χ1v) is 9.64. The van der Waals surface area contributed by atoms with Crippen molar-refractivity contribution < 1.29 is 28.7 Å². The van der Waals surface area contributed by atoms with Crippen LogP contribution >= 0.6 is 7.82 Å². The summed E-state index contributed by atoms with van der Waals surface area (Å²) in [6.07, 6.45) is 14.3. The third-order valence-corrected chi connectivity index (χ3v) is 3.46. The van der Waals surface area contributed by atoms with Crippen LogP contribution in [-0.4, -0.2) is 29.6 Å². The minimum Gasteiger partial charge on any atom is -0.379 e. The summed E-state index contributed by atoms with van der Waals surface area (Å²) < 4.78 is 19.4. The Balaban J connectivity index is -0.00000220. The zero-order valence-corrected chi connectivity index (χ0v) is 14.3. The molecule has 7 heteroatoms. The molecule has 24 heavy (non-hydrogen) atoms. The van der Waals surface area contributed by atoms with E-state index in [1.165, 1.54) is 44.9 Å². The van der Waals surface area contributed by atoms with E-state index in [9.17, 15) is 4.57 Å². The highest BCUT2D eigenvalue weighted by Crippen LogP contribution is 2.35. The molecular weight excluding hydrogens is 331 g/mol. The number of ether oxygens (including phenoxy) is 1. The molecule has 0 saturated carbocycles. The van der Waals surface area contributed by atoms with E-state index in [0.29, 0.717) is 6.61 Å². The van der Waals surface area contributed by atoms with Gasteiger partial charge in [0, 0.05) is 6.61 Å². The largest absolute Gasteiger partial charge is 0.496 e. The second-order valence-electron chi connectivity index (χ2n) is 5.26. The minimum absolute atomic E-state index is 0. The van der Waals surface area contributed by atoms with E-state index < -0.39 is 7.82 Å². The molecule has 0 aromatic heterocycles. The van der Waals surface area contributed by atoms with Gasteiger partial charge in [-0.15, -0.1) is 11.3 Å². The Morgan fingerprint density at radius 3 is 1.79 bits per heavy atom. The average molecular weight is 370 g/mol. The predicted octanol–water partition coefficient (Wildman–Crippen LogP) is 5.40. The van der Waals surface area contributed by atoms with Crippen molar-refractivity contribution in [2.45, 2.75) is 79.1 Å². The molecule has 0 saturated heterocycles. The number of allylic oxidation sites excluding steroid dienone is 1. The molecule has 0 spiro atoms. The molecule has 6 nitrogen and oxygen atoms in total. The molecule has 0 aromatic carbocycles. The monoisotopic (exact) mass is 370 g/mol. The van der Waals surface area contributed by atoms with Gasteiger partial charge in [0.15, 0.2) is 0 Å². The van der Waals surface area contributed by atoms with Crippen LogP contribution in [0.5, 0.6) is 0 Å². The van der Waals surface area contributed by atoms with Gasteiger partial charge in [-0.05, 0) is 19.3 Å². The van der Waals surface area contributed by atoms with Crippen molar-refractivity contribution in [1.29, 1.82) is 0 Å². The van der Waals surface area contributed by atoms with Gasteiger partial charge in [0.05, 0.1) is 6.61 Å². The highest BCUT2D eigenvalue weighted by atomic mass is 31.2. The summed E-state index contributed by atoms with van der Waals surface area (Å²) in [7, 11) is -4.54. The van der Waals surface area contributed by atoms with Crippen LogP contribution in [0.1, 0.15) is 79.1 Å². The fourth-order valence-corrected chi connectivity index (χ4v) is 2.24. The molecule has 0 unspecified atom stereocenters. The summed E-state index contributed by atoms with van der Waals surface area (Å²) in [6, 6.07) is 0. The van der Waals surface area contributed by atoms with Gasteiger partial charge in [-0.3, -0.25) is 0 Å². The van der Waals surface area contributed by atoms with Crippen LogP contribution in [0.15, 0.2) is 12.7 Å². The normalized spacial score (nSPS) is 10.8. The molecule has 0 aromatic rings. The zero-order valence-electron chi connectivity index (χ0n) is 13.5. The first kappa shape index (κ1) is 28.6. The number of unbranched alkanes of at least 4 members (excludes halogenated alkanes) is 9. The maximum Gasteiger partial charge on any atom is 0.496 e. The van der Waals surface area contributed by atoms with Gasteiger partial charge in [0.25, 0.3) is 0 Å². The summed E-state index contributed by atoms with van der Waals surface area (Å²) in [4.78, 5) is 21.0. The average Bonchev–Trinajstić information content (AvgIpc) is 2.45. The predicted molar refractivity (Wildman–Crippen MR) is 99.7 cm³/mol. The van der Waals surface area contributed by atoms with Gasteiger partial charge >= 0.3 is 7.82 Å².